The van der Waals surface area contributed by atoms with Crippen LogP contribution in [0.4, 0.5) is 0 Å². The van der Waals surface area contributed by atoms with Crippen LogP contribution in [0.2, 0.25) is 0 Å². The van der Waals surface area contributed by atoms with E-state index in [0.29, 0.717) is 48.9 Å². The Balaban J connectivity index is 1.81. The van der Waals surface area contributed by atoms with Gasteiger partial charge in [-0.25, -0.2) is 0 Å². The molecule has 162 valence electrons. The smallest absolute Gasteiger partial charge is 0.295 e. The monoisotopic (exact) mass is 425 g/mol. The second kappa shape index (κ2) is 8.69. The Labute approximate surface area is 179 Å². The molecule has 0 bridgehead atoms. The largest absolute Gasteiger partial charge is 0.508 e. The highest BCUT2D eigenvalue weighted by Gasteiger charge is 2.46. The van der Waals surface area contributed by atoms with Gasteiger partial charge in [0.2, 0.25) is 0 Å². The van der Waals surface area contributed by atoms with Gasteiger partial charge in [0.1, 0.15) is 24.7 Å². The summed E-state index contributed by atoms with van der Waals surface area (Å²) in [6.07, 6.45) is 0.517. The number of ether oxygens (including phenoxy) is 3. The van der Waals surface area contributed by atoms with Crippen molar-refractivity contribution in [2.75, 3.05) is 33.5 Å². The van der Waals surface area contributed by atoms with Gasteiger partial charge in [0.15, 0.2) is 11.5 Å². The van der Waals surface area contributed by atoms with E-state index in [-0.39, 0.29) is 23.6 Å². The predicted octanol–water partition coefficient (Wildman–Crippen LogP) is 2.62. The normalized spacial score (nSPS) is 19.6. The minimum absolute atomic E-state index is 0.000640. The lowest BCUT2D eigenvalue weighted by molar-refractivity contribution is -0.140. The van der Waals surface area contributed by atoms with Crippen molar-refractivity contribution in [3.05, 3.63) is 59.2 Å². The van der Waals surface area contributed by atoms with Gasteiger partial charge in [0.05, 0.1) is 11.6 Å². The van der Waals surface area contributed by atoms with Gasteiger partial charge in [-0.1, -0.05) is 12.1 Å². The molecule has 0 aliphatic carbocycles. The zero-order valence-electron chi connectivity index (χ0n) is 17.0. The Hall–Kier alpha value is -3.52. The summed E-state index contributed by atoms with van der Waals surface area (Å²) in [7, 11) is 1.56. The van der Waals surface area contributed by atoms with Crippen LogP contribution in [0.3, 0.4) is 0 Å². The Bertz CT molecular complexity index is 1050. The number of amides is 1. The van der Waals surface area contributed by atoms with Crippen molar-refractivity contribution >= 4 is 17.4 Å². The molecule has 1 amide bonds. The minimum Gasteiger partial charge on any atom is -0.508 e. The fourth-order valence-corrected chi connectivity index (χ4v) is 3.88. The van der Waals surface area contributed by atoms with E-state index in [2.05, 4.69) is 0 Å². The fourth-order valence-electron chi connectivity index (χ4n) is 3.88. The van der Waals surface area contributed by atoms with Crippen LogP contribution in [0.1, 0.15) is 23.6 Å². The predicted molar refractivity (Wildman–Crippen MR) is 111 cm³/mol. The van der Waals surface area contributed by atoms with Gasteiger partial charge in [-0.05, 0) is 42.3 Å². The van der Waals surface area contributed by atoms with E-state index in [4.69, 9.17) is 14.2 Å². The standard InChI is InChI=1S/C23H23NO7/c1-29-9-3-8-24-20(14-4-2-5-16(25)12-14)19(22(27)23(24)28)21(26)15-6-7-17-18(13-15)31-11-10-30-17/h2,4-7,12-13,20,25-26H,3,8-11H2,1H3/t20-/m1/s1. The summed E-state index contributed by atoms with van der Waals surface area (Å²) in [4.78, 5) is 27.2. The first-order valence-electron chi connectivity index (χ1n) is 9.97. The molecule has 2 heterocycles. The second-order valence-electron chi connectivity index (χ2n) is 7.29. The first-order chi connectivity index (χ1) is 15.0. The molecule has 8 heteroatoms. The Kier molecular flexibility index (Phi) is 5.81. The van der Waals surface area contributed by atoms with Crippen molar-refractivity contribution < 1.29 is 34.0 Å². The highest BCUT2D eigenvalue weighted by atomic mass is 16.6. The number of aliphatic hydroxyl groups is 1. The highest BCUT2D eigenvalue weighted by molar-refractivity contribution is 6.46. The molecular weight excluding hydrogens is 402 g/mol. The molecule has 0 saturated carbocycles. The summed E-state index contributed by atoms with van der Waals surface area (Å²) < 4.78 is 16.1. The van der Waals surface area contributed by atoms with Gasteiger partial charge in [-0.2, -0.15) is 0 Å². The number of aromatic hydroxyl groups is 1. The molecule has 2 aliphatic heterocycles. The van der Waals surface area contributed by atoms with Crippen LogP contribution in [-0.4, -0.2) is 60.3 Å². The van der Waals surface area contributed by atoms with Crippen LogP contribution < -0.4 is 9.47 Å². The van der Waals surface area contributed by atoms with Crippen LogP contribution >= 0.6 is 0 Å². The zero-order valence-corrected chi connectivity index (χ0v) is 17.0. The quantitative estimate of drug-likeness (QED) is 0.317. The molecule has 2 aromatic carbocycles. The second-order valence-corrected chi connectivity index (χ2v) is 7.29. The van der Waals surface area contributed by atoms with Gasteiger partial charge >= 0.3 is 0 Å². The number of hydrogen-bond acceptors (Lipinski definition) is 7. The van der Waals surface area contributed by atoms with Crippen LogP contribution in [0, 0.1) is 0 Å². The number of carbonyl (C=O) groups is 2. The van der Waals surface area contributed by atoms with Crippen LogP contribution in [0.15, 0.2) is 48.0 Å². The number of fused-ring (bicyclic) bond motifs is 1. The highest BCUT2D eigenvalue weighted by Crippen LogP contribution is 2.41. The van der Waals surface area contributed by atoms with E-state index >= 15 is 0 Å². The number of hydrogen-bond donors (Lipinski definition) is 2. The lowest BCUT2D eigenvalue weighted by Gasteiger charge is -2.25. The van der Waals surface area contributed by atoms with E-state index in [1.165, 1.54) is 17.0 Å². The number of benzene rings is 2. The zero-order chi connectivity index (χ0) is 22.0. The number of phenols is 1. The van der Waals surface area contributed by atoms with Crippen molar-refractivity contribution in [2.24, 2.45) is 0 Å². The number of phenolic OH excluding ortho intramolecular Hbond substituents is 1. The first kappa shape index (κ1) is 20.7. The molecule has 31 heavy (non-hydrogen) atoms. The minimum atomic E-state index is -0.836. The summed E-state index contributed by atoms with van der Waals surface area (Å²) in [5.74, 6) is -0.787. The van der Waals surface area contributed by atoms with Crippen molar-refractivity contribution in [1.29, 1.82) is 0 Å². The van der Waals surface area contributed by atoms with Gasteiger partial charge < -0.3 is 29.3 Å². The van der Waals surface area contributed by atoms with Gasteiger partial charge in [0, 0.05) is 25.8 Å². The molecule has 1 atom stereocenters. The molecule has 0 unspecified atom stereocenters. The summed E-state index contributed by atoms with van der Waals surface area (Å²) in [5.41, 5.74) is 0.824. The van der Waals surface area contributed by atoms with Crippen molar-refractivity contribution in [2.45, 2.75) is 12.5 Å². The molecule has 4 rings (SSSR count). The SMILES string of the molecule is COCCCN1C(=O)C(=O)C(=C(O)c2ccc3c(c2)OCCO3)[C@H]1c1cccc(O)c1. The number of ketones is 1. The summed E-state index contributed by atoms with van der Waals surface area (Å²) in [6.45, 7) is 1.49. The maximum atomic E-state index is 13.0. The molecule has 1 saturated heterocycles. The van der Waals surface area contributed by atoms with E-state index in [1.54, 1.807) is 37.4 Å². The Morgan fingerprint density at radius 2 is 1.90 bits per heavy atom. The van der Waals surface area contributed by atoms with E-state index in [1.807, 2.05) is 0 Å². The first-order valence-corrected chi connectivity index (χ1v) is 9.97. The fraction of sp³-hybridized carbons (Fsp3) is 0.304. The van der Waals surface area contributed by atoms with E-state index in [9.17, 15) is 19.8 Å². The van der Waals surface area contributed by atoms with Crippen LogP contribution in [0.25, 0.3) is 5.76 Å². The average Bonchev–Trinajstić information content (AvgIpc) is 3.03. The maximum absolute atomic E-state index is 13.0. The Morgan fingerprint density at radius 3 is 2.65 bits per heavy atom. The molecule has 2 aliphatic rings. The average molecular weight is 425 g/mol. The van der Waals surface area contributed by atoms with Gasteiger partial charge in [0.25, 0.3) is 11.7 Å². The number of rotatable bonds is 6. The molecule has 0 radical (unpaired) electrons. The molecule has 2 aromatic rings. The summed E-state index contributed by atoms with van der Waals surface area (Å²) in [6, 6.07) is 10.3. The summed E-state index contributed by atoms with van der Waals surface area (Å²) in [5, 5.41) is 21.1. The molecule has 2 N–H and O–H groups in total. The van der Waals surface area contributed by atoms with E-state index < -0.39 is 17.7 Å². The van der Waals surface area contributed by atoms with Gasteiger partial charge in [-0.3, -0.25) is 9.59 Å². The van der Waals surface area contributed by atoms with Crippen LogP contribution in [0.5, 0.6) is 17.2 Å². The van der Waals surface area contributed by atoms with Gasteiger partial charge in [-0.15, -0.1) is 0 Å². The Morgan fingerprint density at radius 1 is 1.13 bits per heavy atom. The number of Topliss-reactive ketones (excluding diaryl/α,β-unsaturated/α-hetero) is 1. The number of likely N-dealkylation sites (tertiary alicyclic amines) is 1. The molecular formula is C23H23NO7. The van der Waals surface area contributed by atoms with Crippen molar-refractivity contribution in [3.8, 4) is 17.2 Å². The molecule has 0 spiro atoms. The van der Waals surface area contributed by atoms with Crippen LogP contribution in [-0.2, 0) is 14.3 Å². The number of methoxy groups -OCH3 is 1. The van der Waals surface area contributed by atoms with E-state index in [0.717, 1.165) is 0 Å². The lowest BCUT2D eigenvalue weighted by atomic mass is 9.95. The summed E-state index contributed by atoms with van der Waals surface area (Å²) >= 11 is 0. The maximum Gasteiger partial charge on any atom is 0.295 e. The number of aliphatic hydroxyl groups excluding tert-OH is 1. The molecule has 0 aromatic heterocycles. The number of nitrogens with zero attached hydrogens (tertiary/aromatic N) is 1. The number of carbonyl (C=O) groups excluding carboxylic acids is 2. The molecule has 8 nitrogen and oxygen atoms in total. The van der Waals surface area contributed by atoms with Crippen molar-refractivity contribution in [3.63, 3.8) is 0 Å². The van der Waals surface area contributed by atoms with Crippen molar-refractivity contribution in [1.82, 2.24) is 4.90 Å². The third-order valence-corrected chi connectivity index (χ3v) is 5.29. The third-order valence-electron chi connectivity index (χ3n) is 5.29. The topological polar surface area (TPSA) is 106 Å². The third kappa shape index (κ3) is 3.94. The lowest BCUT2D eigenvalue weighted by Crippen LogP contribution is -2.31. The molecule has 1 fully saturated rings.